The van der Waals surface area contributed by atoms with Gasteiger partial charge in [-0.25, -0.2) is 0 Å². The van der Waals surface area contributed by atoms with Gasteiger partial charge >= 0.3 is 29.6 Å². The number of nitrogen functional groups attached to an aromatic ring is 1. The van der Waals surface area contributed by atoms with Crippen molar-refractivity contribution in [2.24, 2.45) is 0 Å². The molecule has 0 fully saturated rings. The fraction of sp³-hybridized carbons (Fsp3) is 0. The van der Waals surface area contributed by atoms with E-state index in [1.165, 1.54) is 6.07 Å². The molecule has 0 saturated carbocycles. The Morgan fingerprint density at radius 1 is 1.00 bits per heavy atom. The first-order valence-corrected chi connectivity index (χ1v) is 7.01. The number of hydrogen-bond donors (Lipinski definition) is 2. The molecule has 0 heterocycles. The van der Waals surface area contributed by atoms with Crippen LogP contribution in [0.3, 0.4) is 0 Å². The third-order valence-electron chi connectivity index (χ3n) is 2.57. The molecular formula is C14H14NNaO3S. The standard InChI is InChI=1S/C14H13NO3S.Na.H/c15-13-9-8-12(14(10-13)19(16,17)18)7-6-11-4-2-1-3-5-11;;/h1-10H,15H2,(H,16,17,18);;/b7-6+;;. The zero-order valence-electron chi connectivity index (χ0n) is 10.0. The van der Waals surface area contributed by atoms with E-state index in [0.717, 1.165) is 5.56 Å². The minimum atomic E-state index is -4.29. The van der Waals surface area contributed by atoms with Crippen molar-refractivity contribution in [2.75, 3.05) is 5.73 Å². The molecule has 0 unspecified atom stereocenters. The van der Waals surface area contributed by atoms with Gasteiger partial charge in [-0.15, -0.1) is 0 Å². The molecule has 0 saturated heterocycles. The van der Waals surface area contributed by atoms with Crippen molar-refractivity contribution in [1.29, 1.82) is 0 Å². The van der Waals surface area contributed by atoms with Crippen LogP contribution >= 0.6 is 0 Å². The molecule has 20 heavy (non-hydrogen) atoms. The molecule has 0 radical (unpaired) electrons. The Kier molecular flexibility index (Phi) is 5.98. The van der Waals surface area contributed by atoms with E-state index in [4.69, 9.17) is 5.73 Å². The van der Waals surface area contributed by atoms with E-state index in [1.54, 1.807) is 24.3 Å². The zero-order chi connectivity index (χ0) is 13.9. The van der Waals surface area contributed by atoms with Crippen LogP contribution in [0.15, 0.2) is 53.4 Å². The molecule has 0 aliphatic carbocycles. The van der Waals surface area contributed by atoms with Crippen LogP contribution in [0, 0.1) is 0 Å². The van der Waals surface area contributed by atoms with E-state index >= 15 is 0 Å². The summed E-state index contributed by atoms with van der Waals surface area (Å²) in [6.07, 6.45) is 3.39. The Morgan fingerprint density at radius 2 is 1.65 bits per heavy atom. The molecule has 0 aliphatic rings. The van der Waals surface area contributed by atoms with Gasteiger partial charge in [-0.2, -0.15) is 8.42 Å². The first kappa shape index (κ1) is 16.9. The summed E-state index contributed by atoms with van der Waals surface area (Å²) in [4.78, 5) is -0.195. The van der Waals surface area contributed by atoms with Gasteiger partial charge in [-0.05, 0) is 23.3 Å². The molecule has 0 spiro atoms. The van der Waals surface area contributed by atoms with Gasteiger partial charge in [0.2, 0.25) is 0 Å². The van der Waals surface area contributed by atoms with E-state index in [9.17, 15) is 13.0 Å². The van der Waals surface area contributed by atoms with Crippen molar-refractivity contribution in [3.63, 3.8) is 0 Å². The average molecular weight is 299 g/mol. The Balaban J connectivity index is 0.00000200. The van der Waals surface area contributed by atoms with Crippen molar-refractivity contribution >= 4 is 57.5 Å². The molecule has 2 aromatic carbocycles. The molecule has 0 aromatic heterocycles. The quantitative estimate of drug-likeness (QED) is 0.393. The number of rotatable bonds is 3. The summed E-state index contributed by atoms with van der Waals surface area (Å²) in [6.45, 7) is 0. The van der Waals surface area contributed by atoms with Crippen molar-refractivity contribution < 1.29 is 13.0 Å². The average Bonchev–Trinajstić information content (AvgIpc) is 2.37. The minimum absolute atomic E-state index is 0. The topological polar surface area (TPSA) is 80.4 Å². The normalized spacial score (nSPS) is 11.2. The molecule has 2 aromatic rings. The van der Waals surface area contributed by atoms with Gasteiger partial charge in [0.05, 0.1) is 0 Å². The van der Waals surface area contributed by atoms with E-state index in [0.29, 0.717) is 5.56 Å². The zero-order valence-corrected chi connectivity index (χ0v) is 10.8. The van der Waals surface area contributed by atoms with Crippen LogP contribution in [-0.4, -0.2) is 42.5 Å². The second-order valence-corrected chi connectivity index (χ2v) is 5.41. The summed E-state index contributed by atoms with van der Waals surface area (Å²) < 4.78 is 31.7. The van der Waals surface area contributed by atoms with Crippen molar-refractivity contribution in [1.82, 2.24) is 0 Å². The van der Waals surface area contributed by atoms with Gasteiger partial charge in [0.15, 0.2) is 0 Å². The Labute approximate surface area is 140 Å². The molecule has 2 rings (SSSR count). The van der Waals surface area contributed by atoms with Gasteiger partial charge in [0, 0.05) is 5.69 Å². The Morgan fingerprint density at radius 3 is 2.25 bits per heavy atom. The molecule has 0 aliphatic heterocycles. The van der Waals surface area contributed by atoms with Gasteiger partial charge in [-0.3, -0.25) is 4.55 Å². The summed E-state index contributed by atoms with van der Waals surface area (Å²) in [6, 6.07) is 13.8. The van der Waals surface area contributed by atoms with Crippen LogP contribution in [0.2, 0.25) is 0 Å². The van der Waals surface area contributed by atoms with Crippen molar-refractivity contribution in [3.8, 4) is 0 Å². The van der Waals surface area contributed by atoms with Gasteiger partial charge in [-0.1, -0.05) is 48.6 Å². The monoisotopic (exact) mass is 299 g/mol. The number of hydrogen-bond acceptors (Lipinski definition) is 3. The molecule has 0 amide bonds. The maximum absolute atomic E-state index is 11.3. The summed E-state index contributed by atoms with van der Waals surface area (Å²) >= 11 is 0. The number of benzene rings is 2. The predicted molar refractivity (Wildman–Crippen MR) is 83.2 cm³/mol. The van der Waals surface area contributed by atoms with Crippen LogP contribution in [0.1, 0.15) is 11.1 Å². The third-order valence-corrected chi connectivity index (χ3v) is 3.48. The molecule has 0 bridgehead atoms. The number of nitrogens with two attached hydrogens (primary N) is 1. The van der Waals surface area contributed by atoms with Crippen molar-refractivity contribution in [3.05, 3.63) is 59.7 Å². The van der Waals surface area contributed by atoms with Gasteiger partial charge < -0.3 is 5.73 Å². The SMILES string of the molecule is Nc1ccc(/C=C/c2ccccc2)c(S(=O)(=O)O)c1.[NaH]. The fourth-order valence-corrected chi connectivity index (χ4v) is 2.38. The number of anilines is 1. The third kappa shape index (κ3) is 4.47. The van der Waals surface area contributed by atoms with Crippen molar-refractivity contribution in [2.45, 2.75) is 4.90 Å². The predicted octanol–water partition coefficient (Wildman–Crippen LogP) is 2.04. The first-order valence-electron chi connectivity index (χ1n) is 5.57. The van der Waals surface area contributed by atoms with Crippen LogP contribution in [0.25, 0.3) is 12.2 Å². The summed E-state index contributed by atoms with van der Waals surface area (Å²) in [5.41, 5.74) is 7.13. The Hall–Kier alpha value is -1.11. The molecular weight excluding hydrogens is 285 g/mol. The molecule has 4 nitrogen and oxygen atoms in total. The molecule has 3 N–H and O–H groups in total. The molecule has 100 valence electrons. The molecule has 6 heteroatoms. The van der Waals surface area contributed by atoms with Crippen LogP contribution in [0.4, 0.5) is 5.69 Å². The van der Waals surface area contributed by atoms with Gasteiger partial charge in [0.1, 0.15) is 4.90 Å². The van der Waals surface area contributed by atoms with Crippen LogP contribution < -0.4 is 5.73 Å². The van der Waals surface area contributed by atoms with E-state index in [-0.39, 0.29) is 40.1 Å². The van der Waals surface area contributed by atoms with E-state index in [1.807, 2.05) is 30.3 Å². The van der Waals surface area contributed by atoms with Crippen LogP contribution in [0.5, 0.6) is 0 Å². The van der Waals surface area contributed by atoms with E-state index < -0.39 is 10.1 Å². The van der Waals surface area contributed by atoms with Gasteiger partial charge in [0.25, 0.3) is 10.1 Å². The second kappa shape index (κ2) is 7.06. The Bertz CT molecular complexity index is 712. The summed E-state index contributed by atoms with van der Waals surface area (Å²) in [7, 11) is -4.29. The second-order valence-electron chi connectivity index (χ2n) is 4.02. The molecule has 0 atom stereocenters. The van der Waals surface area contributed by atoms with Crippen LogP contribution in [-0.2, 0) is 10.1 Å². The summed E-state index contributed by atoms with van der Waals surface area (Å²) in [5, 5.41) is 0. The maximum atomic E-state index is 11.3. The van der Waals surface area contributed by atoms with E-state index in [2.05, 4.69) is 0 Å². The first-order chi connectivity index (χ1) is 8.97. The summed E-state index contributed by atoms with van der Waals surface area (Å²) in [5.74, 6) is 0. The fourth-order valence-electron chi connectivity index (χ4n) is 1.66.